The molecule has 0 aliphatic heterocycles. The van der Waals surface area contributed by atoms with Crippen molar-refractivity contribution in [2.75, 3.05) is 30.4 Å². The summed E-state index contributed by atoms with van der Waals surface area (Å²) in [6.45, 7) is 9.52. The van der Waals surface area contributed by atoms with Crippen molar-refractivity contribution in [1.82, 2.24) is 15.0 Å². The summed E-state index contributed by atoms with van der Waals surface area (Å²) < 4.78 is 5.49. The number of hydrogen-bond acceptors (Lipinski definition) is 7. The van der Waals surface area contributed by atoms with E-state index in [0.29, 0.717) is 24.5 Å². The summed E-state index contributed by atoms with van der Waals surface area (Å²) in [6, 6.07) is 0.368. The van der Waals surface area contributed by atoms with Crippen molar-refractivity contribution in [2.45, 2.75) is 46.6 Å². The van der Waals surface area contributed by atoms with E-state index >= 15 is 0 Å². The molecule has 0 aliphatic carbocycles. The molecule has 1 aromatic rings. The van der Waals surface area contributed by atoms with Gasteiger partial charge in [-0.15, -0.1) is 0 Å². The average molecular weight is 297 g/mol. The van der Waals surface area contributed by atoms with Crippen LogP contribution in [0.15, 0.2) is 0 Å². The van der Waals surface area contributed by atoms with Crippen molar-refractivity contribution >= 4 is 11.9 Å². The number of anilines is 2. The fourth-order valence-corrected chi connectivity index (χ4v) is 1.50. The molecule has 0 bridgehead atoms. The molecule has 0 amide bonds. The number of hydrogen-bond donors (Lipinski definition) is 3. The van der Waals surface area contributed by atoms with E-state index in [1.54, 1.807) is 0 Å². The highest BCUT2D eigenvalue weighted by molar-refractivity contribution is 5.36. The lowest BCUT2D eigenvalue weighted by Gasteiger charge is -2.19. The van der Waals surface area contributed by atoms with Crippen molar-refractivity contribution in [2.24, 2.45) is 5.92 Å². The SMILES string of the molecule is CCCNc1nc(NC(C)C(C)CO)nc(OCCC)n1. The maximum Gasteiger partial charge on any atom is 0.323 e. The number of nitrogens with zero attached hydrogens (tertiary/aromatic N) is 3. The lowest BCUT2D eigenvalue weighted by Crippen LogP contribution is -2.27. The number of aromatic nitrogens is 3. The lowest BCUT2D eigenvalue weighted by atomic mass is 10.1. The highest BCUT2D eigenvalue weighted by Crippen LogP contribution is 2.14. The minimum atomic E-state index is 0.0513. The molecule has 7 heteroatoms. The first-order valence-corrected chi connectivity index (χ1v) is 7.60. The molecule has 0 fully saturated rings. The molecule has 0 saturated carbocycles. The van der Waals surface area contributed by atoms with Crippen LogP contribution in [0.1, 0.15) is 40.5 Å². The van der Waals surface area contributed by atoms with Gasteiger partial charge in [0.1, 0.15) is 0 Å². The summed E-state index contributed by atoms with van der Waals surface area (Å²) in [4.78, 5) is 12.8. The zero-order valence-corrected chi connectivity index (χ0v) is 13.4. The molecule has 0 radical (unpaired) electrons. The normalized spacial score (nSPS) is 13.6. The summed E-state index contributed by atoms with van der Waals surface area (Å²) in [5, 5.41) is 15.5. The molecule has 7 nitrogen and oxygen atoms in total. The lowest BCUT2D eigenvalue weighted by molar-refractivity contribution is 0.226. The second-order valence-corrected chi connectivity index (χ2v) is 5.13. The van der Waals surface area contributed by atoms with Gasteiger partial charge in [0.2, 0.25) is 11.9 Å². The Morgan fingerprint density at radius 3 is 2.43 bits per heavy atom. The van der Waals surface area contributed by atoms with E-state index in [2.05, 4.69) is 32.5 Å². The smallest absolute Gasteiger partial charge is 0.323 e. The van der Waals surface area contributed by atoms with Crippen molar-refractivity contribution in [3.8, 4) is 6.01 Å². The predicted octanol–water partition coefficient (Wildman–Crippen LogP) is 1.91. The van der Waals surface area contributed by atoms with Crippen LogP contribution in [-0.2, 0) is 0 Å². The quantitative estimate of drug-likeness (QED) is 0.607. The first-order chi connectivity index (χ1) is 10.1. The molecule has 1 aromatic heterocycles. The maximum atomic E-state index is 9.19. The van der Waals surface area contributed by atoms with Gasteiger partial charge in [0.25, 0.3) is 0 Å². The molecule has 0 aromatic carbocycles. The second kappa shape index (κ2) is 9.33. The molecule has 2 atom stereocenters. The number of rotatable bonds is 10. The minimum Gasteiger partial charge on any atom is -0.463 e. The van der Waals surface area contributed by atoms with Gasteiger partial charge in [-0.2, -0.15) is 15.0 Å². The summed E-state index contributed by atoms with van der Waals surface area (Å²) in [5.74, 6) is 1.07. The highest BCUT2D eigenvalue weighted by atomic mass is 16.5. The zero-order chi connectivity index (χ0) is 15.7. The largest absolute Gasteiger partial charge is 0.463 e. The Bertz CT molecular complexity index is 390. The fourth-order valence-electron chi connectivity index (χ4n) is 1.50. The second-order valence-electron chi connectivity index (χ2n) is 5.13. The van der Waals surface area contributed by atoms with Crippen LogP contribution in [0.3, 0.4) is 0 Å². The van der Waals surface area contributed by atoms with Crippen molar-refractivity contribution in [3.05, 3.63) is 0 Å². The van der Waals surface area contributed by atoms with E-state index < -0.39 is 0 Å². The minimum absolute atomic E-state index is 0.0513. The van der Waals surface area contributed by atoms with Gasteiger partial charge in [0.05, 0.1) is 6.61 Å². The summed E-state index contributed by atoms with van der Waals surface area (Å²) in [7, 11) is 0. The van der Waals surface area contributed by atoms with Gasteiger partial charge in [-0.1, -0.05) is 20.8 Å². The Balaban J connectivity index is 2.84. The van der Waals surface area contributed by atoms with Crippen molar-refractivity contribution in [3.63, 3.8) is 0 Å². The van der Waals surface area contributed by atoms with Gasteiger partial charge in [0, 0.05) is 19.2 Å². The van der Waals surface area contributed by atoms with Gasteiger partial charge in [0.15, 0.2) is 0 Å². The average Bonchev–Trinajstić information content (AvgIpc) is 2.49. The molecular weight excluding hydrogens is 270 g/mol. The van der Waals surface area contributed by atoms with Crippen LogP contribution < -0.4 is 15.4 Å². The Morgan fingerprint density at radius 2 is 1.81 bits per heavy atom. The van der Waals surface area contributed by atoms with Gasteiger partial charge in [-0.3, -0.25) is 0 Å². The number of aliphatic hydroxyl groups excluding tert-OH is 1. The molecule has 2 unspecified atom stereocenters. The third-order valence-electron chi connectivity index (χ3n) is 3.08. The Labute approximate surface area is 126 Å². The number of aliphatic hydroxyl groups is 1. The highest BCUT2D eigenvalue weighted by Gasteiger charge is 2.14. The first-order valence-electron chi connectivity index (χ1n) is 7.60. The van der Waals surface area contributed by atoms with Crippen LogP contribution in [0, 0.1) is 5.92 Å². The predicted molar refractivity (Wildman–Crippen MR) is 83.7 cm³/mol. The number of ether oxygens (including phenoxy) is 1. The van der Waals surface area contributed by atoms with Crippen LogP contribution in [-0.4, -0.2) is 45.9 Å². The molecule has 1 rings (SSSR count). The van der Waals surface area contributed by atoms with Crippen LogP contribution >= 0.6 is 0 Å². The molecular formula is C14H27N5O2. The monoisotopic (exact) mass is 297 g/mol. The first kappa shape index (κ1) is 17.4. The van der Waals surface area contributed by atoms with E-state index in [-0.39, 0.29) is 18.6 Å². The number of nitrogens with one attached hydrogen (secondary N) is 2. The third kappa shape index (κ3) is 6.12. The van der Waals surface area contributed by atoms with Crippen LogP contribution in [0.2, 0.25) is 0 Å². The summed E-state index contributed by atoms with van der Waals surface area (Å²) in [6.07, 6.45) is 1.88. The van der Waals surface area contributed by atoms with Gasteiger partial charge >= 0.3 is 6.01 Å². The molecule has 0 aliphatic rings. The molecule has 0 saturated heterocycles. The topological polar surface area (TPSA) is 92.2 Å². The van der Waals surface area contributed by atoms with E-state index in [0.717, 1.165) is 19.4 Å². The molecule has 0 spiro atoms. The van der Waals surface area contributed by atoms with Crippen LogP contribution in [0.4, 0.5) is 11.9 Å². The van der Waals surface area contributed by atoms with Gasteiger partial charge in [-0.05, 0) is 25.7 Å². The Kier molecular flexibility index (Phi) is 7.74. The third-order valence-corrected chi connectivity index (χ3v) is 3.08. The van der Waals surface area contributed by atoms with Gasteiger partial charge < -0.3 is 20.5 Å². The summed E-state index contributed by atoms with van der Waals surface area (Å²) in [5.41, 5.74) is 0. The summed E-state index contributed by atoms with van der Waals surface area (Å²) >= 11 is 0. The van der Waals surface area contributed by atoms with Crippen molar-refractivity contribution in [1.29, 1.82) is 0 Å². The van der Waals surface area contributed by atoms with Crippen molar-refractivity contribution < 1.29 is 9.84 Å². The maximum absolute atomic E-state index is 9.19. The zero-order valence-electron chi connectivity index (χ0n) is 13.4. The van der Waals surface area contributed by atoms with E-state index in [1.807, 2.05) is 20.8 Å². The van der Waals surface area contributed by atoms with E-state index in [9.17, 15) is 5.11 Å². The molecule has 21 heavy (non-hydrogen) atoms. The van der Waals surface area contributed by atoms with Crippen LogP contribution in [0.5, 0.6) is 6.01 Å². The van der Waals surface area contributed by atoms with Crippen LogP contribution in [0.25, 0.3) is 0 Å². The fraction of sp³-hybridized carbons (Fsp3) is 0.786. The molecule has 1 heterocycles. The Morgan fingerprint density at radius 1 is 1.10 bits per heavy atom. The van der Waals surface area contributed by atoms with E-state index in [4.69, 9.17) is 4.74 Å². The van der Waals surface area contributed by atoms with E-state index in [1.165, 1.54) is 0 Å². The molecule has 3 N–H and O–H groups in total. The molecule has 120 valence electrons. The standard InChI is InChI=1S/C14H27N5O2/c1-5-7-15-12-17-13(16-11(4)10(3)9-20)19-14(18-12)21-8-6-2/h10-11,20H,5-9H2,1-4H3,(H2,15,16,17,18,19). The Hall–Kier alpha value is -1.63. The van der Waals surface area contributed by atoms with Gasteiger partial charge in [-0.25, -0.2) is 0 Å².